The van der Waals surface area contributed by atoms with Crippen LogP contribution >= 0.6 is 0 Å². The number of aromatic hydroxyl groups is 1. The van der Waals surface area contributed by atoms with Gasteiger partial charge in [-0.1, -0.05) is 12.1 Å². The molecule has 0 radical (unpaired) electrons. The fourth-order valence-corrected chi connectivity index (χ4v) is 1.58. The zero-order valence-corrected chi connectivity index (χ0v) is 12.4. The number of rotatable bonds is 7. The molecule has 0 aromatic heterocycles. The van der Waals surface area contributed by atoms with Gasteiger partial charge in [0.1, 0.15) is 5.75 Å². The average molecular weight is 338 g/mol. The maximum atomic E-state index is 11.7. The van der Waals surface area contributed by atoms with E-state index in [9.17, 15) is 19.2 Å². The van der Waals surface area contributed by atoms with Crippen molar-refractivity contribution in [1.82, 2.24) is 0 Å². The summed E-state index contributed by atoms with van der Waals surface area (Å²) in [6, 6.07) is 5.69. The Bertz CT molecular complexity index is 660. The SMILES string of the molecule is CC(=O)O[C@H](C(=O)O)[C@H](OC(=O)/C=C\c1ccc(O)cc1)C(=O)O. The number of carboxylic acid groups (broad SMARTS) is 2. The van der Waals surface area contributed by atoms with Gasteiger partial charge in [0.15, 0.2) is 0 Å². The summed E-state index contributed by atoms with van der Waals surface area (Å²) in [4.78, 5) is 44.6. The Hall–Kier alpha value is -3.36. The molecule has 9 nitrogen and oxygen atoms in total. The minimum atomic E-state index is -2.21. The molecule has 0 saturated carbocycles. The van der Waals surface area contributed by atoms with Gasteiger partial charge in [0.2, 0.25) is 12.2 Å². The lowest BCUT2D eigenvalue weighted by Gasteiger charge is -2.19. The lowest BCUT2D eigenvalue weighted by atomic mass is 10.2. The first-order valence-electron chi connectivity index (χ1n) is 6.51. The van der Waals surface area contributed by atoms with Gasteiger partial charge in [-0.3, -0.25) is 4.79 Å². The van der Waals surface area contributed by atoms with Crippen LogP contribution in [0, 0.1) is 0 Å². The van der Waals surface area contributed by atoms with Crippen molar-refractivity contribution in [1.29, 1.82) is 0 Å². The topological polar surface area (TPSA) is 147 Å². The number of carbonyl (C=O) groups excluding carboxylic acids is 2. The highest BCUT2D eigenvalue weighted by Gasteiger charge is 2.39. The highest BCUT2D eigenvalue weighted by molar-refractivity contribution is 5.91. The molecule has 0 saturated heterocycles. The van der Waals surface area contributed by atoms with E-state index in [1.54, 1.807) is 0 Å². The van der Waals surface area contributed by atoms with Crippen LogP contribution in [0.4, 0.5) is 0 Å². The molecule has 0 amide bonds. The third-order valence-electron chi connectivity index (χ3n) is 2.60. The van der Waals surface area contributed by atoms with E-state index in [1.165, 1.54) is 30.3 Å². The number of aliphatic carboxylic acids is 2. The molecule has 3 N–H and O–H groups in total. The molecule has 0 bridgehead atoms. The van der Waals surface area contributed by atoms with E-state index in [2.05, 4.69) is 9.47 Å². The molecule has 0 unspecified atom stereocenters. The molecule has 24 heavy (non-hydrogen) atoms. The Morgan fingerprint density at radius 1 is 0.958 bits per heavy atom. The van der Waals surface area contributed by atoms with Gasteiger partial charge in [-0.2, -0.15) is 0 Å². The molecule has 0 aliphatic carbocycles. The van der Waals surface area contributed by atoms with E-state index < -0.39 is 36.1 Å². The normalized spacial score (nSPS) is 13.0. The molecule has 128 valence electrons. The van der Waals surface area contributed by atoms with E-state index in [0.29, 0.717) is 5.56 Å². The van der Waals surface area contributed by atoms with Gasteiger partial charge in [0.25, 0.3) is 0 Å². The van der Waals surface area contributed by atoms with E-state index in [-0.39, 0.29) is 5.75 Å². The first kappa shape index (κ1) is 18.7. The molecule has 0 spiro atoms. The number of benzene rings is 1. The fourth-order valence-electron chi connectivity index (χ4n) is 1.58. The minimum Gasteiger partial charge on any atom is -0.508 e. The summed E-state index contributed by atoms with van der Waals surface area (Å²) in [5, 5.41) is 27.0. The molecule has 9 heteroatoms. The average Bonchev–Trinajstić information content (AvgIpc) is 2.49. The van der Waals surface area contributed by atoms with Gasteiger partial charge in [-0.15, -0.1) is 0 Å². The van der Waals surface area contributed by atoms with Crippen LogP contribution < -0.4 is 0 Å². The molecule has 1 aromatic carbocycles. The summed E-state index contributed by atoms with van der Waals surface area (Å²) >= 11 is 0. The second-order valence-corrected chi connectivity index (χ2v) is 4.49. The highest BCUT2D eigenvalue weighted by Crippen LogP contribution is 2.12. The second-order valence-electron chi connectivity index (χ2n) is 4.49. The molecule has 1 rings (SSSR count). The Balaban J connectivity index is 2.85. The van der Waals surface area contributed by atoms with Crippen LogP contribution in [0.2, 0.25) is 0 Å². The first-order chi connectivity index (χ1) is 11.2. The van der Waals surface area contributed by atoms with Gasteiger partial charge < -0.3 is 24.8 Å². The van der Waals surface area contributed by atoms with Crippen molar-refractivity contribution in [3.8, 4) is 5.75 Å². The maximum Gasteiger partial charge on any atom is 0.349 e. The number of ether oxygens (including phenoxy) is 2. The van der Waals surface area contributed by atoms with Crippen molar-refractivity contribution in [2.45, 2.75) is 19.1 Å². The van der Waals surface area contributed by atoms with Crippen LogP contribution in [-0.2, 0) is 28.7 Å². The van der Waals surface area contributed by atoms with Crippen LogP contribution in [0.1, 0.15) is 12.5 Å². The van der Waals surface area contributed by atoms with E-state index in [0.717, 1.165) is 13.0 Å². The third kappa shape index (κ3) is 5.79. The third-order valence-corrected chi connectivity index (χ3v) is 2.60. The molecular formula is C15H14O9. The van der Waals surface area contributed by atoms with Gasteiger partial charge >= 0.3 is 23.9 Å². The lowest BCUT2D eigenvalue weighted by Crippen LogP contribution is -2.45. The van der Waals surface area contributed by atoms with Crippen molar-refractivity contribution in [2.24, 2.45) is 0 Å². The van der Waals surface area contributed by atoms with E-state index in [1.807, 2.05) is 0 Å². The number of carbonyl (C=O) groups is 4. The van der Waals surface area contributed by atoms with Crippen LogP contribution in [0.5, 0.6) is 5.75 Å². The number of phenols is 1. The van der Waals surface area contributed by atoms with Gasteiger partial charge in [-0.05, 0) is 23.8 Å². The Morgan fingerprint density at radius 2 is 1.46 bits per heavy atom. The number of phenolic OH excluding ortho intramolecular Hbond substituents is 1. The van der Waals surface area contributed by atoms with Crippen molar-refractivity contribution < 1.29 is 44.0 Å². The van der Waals surface area contributed by atoms with Crippen molar-refractivity contribution in [3.63, 3.8) is 0 Å². The van der Waals surface area contributed by atoms with Crippen molar-refractivity contribution >= 4 is 30.0 Å². The molecule has 0 aliphatic heterocycles. The van der Waals surface area contributed by atoms with E-state index >= 15 is 0 Å². The van der Waals surface area contributed by atoms with Crippen LogP contribution in [-0.4, -0.2) is 51.4 Å². The monoisotopic (exact) mass is 338 g/mol. The summed E-state index contributed by atoms with van der Waals surface area (Å²) < 4.78 is 8.91. The van der Waals surface area contributed by atoms with Crippen LogP contribution in [0.3, 0.4) is 0 Å². The first-order valence-corrected chi connectivity index (χ1v) is 6.51. The second kappa shape index (κ2) is 8.32. The van der Waals surface area contributed by atoms with Gasteiger partial charge in [0.05, 0.1) is 0 Å². The molecule has 0 fully saturated rings. The van der Waals surface area contributed by atoms with Crippen LogP contribution in [0.25, 0.3) is 6.08 Å². The number of hydrogen-bond donors (Lipinski definition) is 3. The highest BCUT2D eigenvalue weighted by atomic mass is 16.6. The largest absolute Gasteiger partial charge is 0.508 e. The lowest BCUT2D eigenvalue weighted by molar-refractivity contribution is -0.184. The van der Waals surface area contributed by atoms with Crippen molar-refractivity contribution in [2.75, 3.05) is 0 Å². The summed E-state index contributed by atoms with van der Waals surface area (Å²) in [7, 11) is 0. The number of carboxylic acids is 2. The summed E-state index contributed by atoms with van der Waals surface area (Å²) in [6.07, 6.45) is -2.24. The zero-order valence-electron chi connectivity index (χ0n) is 12.4. The number of esters is 2. The number of hydrogen-bond acceptors (Lipinski definition) is 7. The molecular weight excluding hydrogens is 324 g/mol. The smallest absolute Gasteiger partial charge is 0.349 e. The van der Waals surface area contributed by atoms with Gasteiger partial charge in [-0.25, -0.2) is 14.4 Å². The molecule has 1 aromatic rings. The van der Waals surface area contributed by atoms with Crippen LogP contribution in [0.15, 0.2) is 30.3 Å². The minimum absolute atomic E-state index is 0.0198. The molecule has 0 aliphatic rings. The summed E-state index contributed by atoms with van der Waals surface area (Å²) in [6.45, 7) is 0.890. The Morgan fingerprint density at radius 3 is 1.92 bits per heavy atom. The maximum absolute atomic E-state index is 11.7. The zero-order chi connectivity index (χ0) is 18.3. The van der Waals surface area contributed by atoms with Gasteiger partial charge in [0, 0.05) is 13.0 Å². The predicted octanol–water partition coefficient (Wildman–Crippen LogP) is 0.418. The molecule has 0 heterocycles. The Labute approximate surface area is 135 Å². The standard InChI is InChI=1S/C15H14O9/c1-8(16)23-12(14(19)20)13(15(21)22)24-11(18)7-4-9-2-5-10(17)6-3-9/h2-7,12-13,17H,1H3,(H,19,20)(H,21,22)/b7-4-/t12-,13-/m0/s1. The summed E-state index contributed by atoms with van der Waals surface area (Å²) in [5.41, 5.74) is 0.506. The summed E-state index contributed by atoms with van der Waals surface area (Å²) in [5.74, 6) is -5.72. The molecule has 2 atom stereocenters. The van der Waals surface area contributed by atoms with Crippen molar-refractivity contribution in [3.05, 3.63) is 35.9 Å². The quantitative estimate of drug-likeness (QED) is 0.475. The van der Waals surface area contributed by atoms with E-state index in [4.69, 9.17) is 15.3 Å². The predicted molar refractivity (Wildman–Crippen MR) is 77.8 cm³/mol. The Kier molecular flexibility index (Phi) is 6.48. The fraction of sp³-hybridized carbons (Fsp3) is 0.200.